The van der Waals surface area contributed by atoms with Crippen LogP contribution < -0.4 is 4.90 Å². The van der Waals surface area contributed by atoms with Crippen LogP contribution in [0.3, 0.4) is 0 Å². The van der Waals surface area contributed by atoms with Gasteiger partial charge in [0.25, 0.3) is 0 Å². The number of fused-ring (bicyclic) bond motifs is 1. The molecule has 1 aliphatic rings. The van der Waals surface area contributed by atoms with Crippen molar-refractivity contribution in [1.29, 1.82) is 0 Å². The molecule has 1 saturated heterocycles. The molecule has 0 spiro atoms. The summed E-state index contributed by atoms with van der Waals surface area (Å²) in [5, 5.41) is 8.72. The molecule has 1 aliphatic heterocycles. The number of carboxylic acids is 1. The van der Waals surface area contributed by atoms with Gasteiger partial charge >= 0.3 is 5.97 Å². The number of imidazole rings is 1. The van der Waals surface area contributed by atoms with Crippen molar-refractivity contribution in [2.75, 3.05) is 18.0 Å². The van der Waals surface area contributed by atoms with E-state index in [0.29, 0.717) is 11.6 Å². The lowest BCUT2D eigenvalue weighted by Crippen LogP contribution is -2.21. The van der Waals surface area contributed by atoms with E-state index < -0.39 is 5.97 Å². The fourth-order valence-electron chi connectivity index (χ4n) is 2.58. The molecule has 100 valence electrons. The summed E-state index contributed by atoms with van der Waals surface area (Å²) in [5.74, 6) is 0.556. The highest BCUT2D eigenvalue weighted by molar-refractivity contribution is 5.82. The Bertz CT molecular complexity index is 597. The molecule has 1 unspecified atom stereocenters. The standard InChI is InChI=1S/C12H15N5O2/c18-9(19)2-1-8-3-4-17(5-8)12-10-11(14-6-13-10)15-7-16-12/h6-8H,1-5H2,(H,18,19)(H,13,14,15,16). The maximum absolute atomic E-state index is 10.6. The smallest absolute Gasteiger partial charge is 0.303 e. The van der Waals surface area contributed by atoms with E-state index in [1.807, 2.05) is 0 Å². The van der Waals surface area contributed by atoms with Crippen molar-refractivity contribution in [2.45, 2.75) is 19.3 Å². The van der Waals surface area contributed by atoms with Crippen LogP contribution in [-0.2, 0) is 4.79 Å². The SMILES string of the molecule is O=C(O)CCC1CCN(c2ncnc3nc[nH]c23)C1. The van der Waals surface area contributed by atoms with Gasteiger partial charge in [0.2, 0.25) is 0 Å². The quantitative estimate of drug-likeness (QED) is 0.854. The fourth-order valence-corrected chi connectivity index (χ4v) is 2.58. The third-order valence-corrected chi connectivity index (χ3v) is 3.55. The summed E-state index contributed by atoms with van der Waals surface area (Å²) in [4.78, 5) is 28.4. The van der Waals surface area contributed by atoms with E-state index >= 15 is 0 Å². The molecular weight excluding hydrogens is 246 g/mol. The topological polar surface area (TPSA) is 95.0 Å². The molecule has 0 radical (unpaired) electrons. The Morgan fingerprint density at radius 1 is 1.47 bits per heavy atom. The summed E-state index contributed by atoms with van der Waals surface area (Å²) < 4.78 is 0. The van der Waals surface area contributed by atoms with Crippen LogP contribution in [0.2, 0.25) is 0 Å². The lowest BCUT2D eigenvalue weighted by atomic mass is 10.0. The molecule has 0 aromatic carbocycles. The lowest BCUT2D eigenvalue weighted by molar-refractivity contribution is -0.137. The number of carbonyl (C=O) groups is 1. The highest BCUT2D eigenvalue weighted by atomic mass is 16.4. The zero-order valence-corrected chi connectivity index (χ0v) is 10.4. The number of nitrogens with one attached hydrogen (secondary N) is 1. The molecule has 7 heteroatoms. The summed E-state index contributed by atoms with van der Waals surface area (Å²) in [6, 6.07) is 0. The molecule has 3 heterocycles. The first-order valence-electron chi connectivity index (χ1n) is 6.35. The van der Waals surface area contributed by atoms with Gasteiger partial charge in [0.05, 0.1) is 6.33 Å². The van der Waals surface area contributed by atoms with Gasteiger partial charge in [-0.25, -0.2) is 15.0 Å². The third kappa shape index (κ3) is 2.35. The molecule has 3 rings (SSSR count). The monoisotopic (exact) mass is 261 g/mol. The number of aromatic amines is 1. The van der Waals surface area contributed by atoms with Crippen LogP contribution in [0, 0.1) is 5.92 Å². The van der Waals surface area contributed by atoms with E-state index in [4.69, 9.17) is 5.11 Å². The summed E-state index contributed by atoms with van der Waals surface area (Å²) in [5.41, 5.74) is 1.51. The highest BCUT2D eigenvalue weighted by Crippen LogP contribution is 2.28. The maximum Gasteiger partial charge on any atom is 0.303 e. The molecular formula is C12H15N5O2. The average molecular weight is 261 g/mol. The second-order valence-corrected chi connectivity index (χ2v) is 4.83. The van der Waals surface area contributed by atoms with E-state index in [-0.39, 0.29) is 6.42 Å². The minimum atomic E-state index is -0.726. The number of carboxylic acid groups (broad SMARTS) is 1. The van der Waals surface area contributed by atoms with E-state index in [2.05, 4.69) is 24.8 Å². The number of anilines is 1. The van der Waals surface area contributed by atoms with Crippen molar-refractivity contribution in [1.82, 2.24) is 19.9 Å². The fraction of sp³-hybridized carbons (Fsp3) is 0.500. The number of H-pyrrole nitrogens is 1. The molecule has 0 saturated carbocycles. The zero-order valence-electron chi connectivity index (χ0n) is 10.4. The van der Waals surface area contributed by atoms with Crippen molar-refractivity contribution in [3.8, 4) is 0 Å². The van der Waals surface area contributed by atoms with Gasteiger partial charge in [0, 0.05) is 19.5 Å². The van der Waals surface area contributed by atoms with Crippen molar-refractivity contribution in [2.24, 2.45) is 5.92 Å². The second kappa shape index (κ2) is 4.83. The van der Waals surface area contributed by atoms with E-state index in [1.165, 1.54) is 6.33 Å². The first-order valence-corrected chi connectivity index (χ1v) is 6.35. The van der Waals surface area contributed by atoms with Crippen LogP contribution in [0.1, 0.15) is 19.3 Å². The third-order valence-electron chi connectivity index (χ3n) is 3.55. The Morgan fingerprint density at radius 2 is 2.37 bits per heavy atom. The Balaban J connectivity index is 1.74. The summed E-state index contributed by atoms with van der Waals surface area (Å²) >= 11 is 0. The lowest BCUT2D eigenvalue weighted by Gasteiger charge is -2.17. The Morgan fingerprint density at radius 3 is 3.21 bits per heavy atom. The minimum absolute atomic E-state index is 0.238. The molecule has 1 atom stereocenters. The molecule has 0 amide bonds. The van der Waals surface area contributed by atoms with Crippen LogP contribution in [0.25, 0.3) is 11.2 Å². The van der Waals surface area contributed by atoms with Crippen LogP contribution in [0.5, 0.6) is 0 Å². The van der Waals surface area contributed by atoms with E-state index in [9.17, 15) is 4.79 Å². The maximum atomic E-state index is 10.6. The van der Waals surface area contributed by atoms with Crippen molar-refractivity contribution in [3.05, 3.63) is 12.7 Å². The first-order chi connectivity index (χ1) is 9.24. The Labute approximate surface area is 109 Å². The predicted octanol–water partition coefficient (Wildman–Crippen LogP) is 1.04. The number of rotatable bonds is 4. The molecule has 7 nitrogen and oxygen atoms in total. The van der Waals surface area contributed by atoms with Gasteiger partial charge in [-0.15, -0.1) is 0 Å². The summed E-state index contributed by atoms with van der Waals surface area (Å²) in [6.07, 6.45) is 5.10. The number of hydrogen-bond donors (Lipinski definition) is 2. The van der Waals surface area contributed by atoms with Crippen LogP contribution >= 0.6 is 0 Å². The number of aromatic nitrogens is 4. The van der Waals surface area contributed by atoms with Gasteiger partial charge in [0.1, 0.15) is 11.8 Å². The molecule has 2 N–H and O–H groups in total. The average Bonchev–Trinajstić information content (AvgIpc) is 3.04. The highest BCUT2D eigenvalue weighted by Gasteiger charge is 2.25. The minimum Gasteiger partial charge on any atom is -0.481 e. The number of hydrogen-bond acceptors (Lipinski definition) is 5. The molecule has 0 aliphatic carbocycles. The van der Waals surface area contributed by atoms with Gasteiger partial charge in [0.15, 0.2) is 11.5 Å². The predicted molar refractivity (Wildman–Crippen MR) is 68.9 cm³/mol. The van der Waals surface area contributed by atoms with Crippen molar-refractivity contribution >= 4 is 23.0 Å². The normalized spacial score (nSPS) is 19.2. The van der Waals surface area contributed by atoms with Gasteiger partial charge in [-0.3, -0.25) is 4.79 Å². The van der Waals surface area contributed by atoms with Crippen LogP contribution in [0.4, 0.5) is 5.82 Å². The summed E-state index contributed by atoms with van der Waals surface area (Å²) in [7, 11) is 0. The largest absolute Gasteiger partial charge is 0.481 e. The molecule has 0 bridgehead atoms. The Hall–Kier alpha value is -2.18. The van der Waals surface area contributed by atoms with Gasteiger partial charge in [-0.2, -0.15) is 0 Å². The van der Waals surface area contributed by atoms with Crippen LogP contribution in [-0.4, -0.2) is 44.1 Å². The van der Waals surface area contributed by atoms with Gasteiger partial charge in [-0.1, -0.05) is 0 Å². The molecule has 2 aromatic heterocycles. The molecule has 1 fully saturated rings. The molecule has 19 heavy (non-hydrogen) atoms. The van der Waals surface area contributed by atoms with E-state index in [1.54, 1.807) is 6.33 Å². The van der Waals surface area contributed by atoms with Gasteiger partial charge in [-0.05, 0) is 18.8 Å². The number of aliphatic carboxylic acids is 1. The van der Waals surface area contributed by atoms with Crippen molar-refractivity contribution < 1.29 is 9.90 Å². The first kappa shape index (κ1) is 11.9. The Kier molecular flexibility index (Phi) is 3.02. The van der Waals surface area contributed by atoms with Crippen molar-refractivity contribution in [3.63, 3.8) is 0 Å². The summed E-state index contributed by atoms with van der Waals surface area (Å²) in [6.45, 7) is 1.74. The zero-order chi connectivity index (χ0) is 13.2. The number of nitrogens with zero attached hydrogens (tertiary/aromatic N) is 4. The van der Waals surface area contributed by atoms with Crippen LogP contribution in [0.15, 0.2) is 12.7 Å². The second-order valence-electron chi connectivity index (χ2n) is 4.83. The van der Waals surface area contributed by atoms with Gasteiger partial charge < -0.3 is 15.0 Å². The molecule has 2 aromatic rings. The van der Waals surface area contributed by atoms with E-state index in [0.717, 1.165) is 37.3 Å².